The topological polar surface area (TPSA) is 255 Å². The van der Waals surface area contributed by atoms with Crippen LogP contribution in [0.15, 0.2) is 160 Å². The lowest BCUT2D eigenvalue weighted by atomic mass is 9.80. The van der Waals surface area contributed by atoms with Gasteiger partial charge in [0.15, 0.2) is 0 Å². The Morgan fingerprint density at radius 2 is 1.47 bits per heavy atom. The van der Waals surface area contributed by atoms with Gasteiger partial charge in [-0.25, -0.2) is 14.0 Å². The van der Waals surface area contributed by atoms with Gasteiger partial charge in [0.2, 0.25) is 11.3 Å². The Kier molecular flexibility index (Phi) is 23.8. The molecule has 0 radical (unpaired) electrons. The molecule has 0 bridgehead atoms. The average Bonchev–Trinajstić information content (AvgIpc) is 0.949. The van der Waals surface area contributed by atoms with Crippen LogP contribution in [0.1, 0.15) is 115 Å². The summed E-state index contributed by atoms with van der Waals surface area (Å²) in [5.74, 6) is -0.351. The number of hydrogen-bond acceptors (Lipinski definition) is 16. The van der Waals surface area contributed by atoms with Crippen molar-refractivity contribution in [1.29, 1.82) is 5.26 Å². The molecule has 1 fully saturated rings. The van der Waals surface area contributed by atoms with Gasteiger partial charge in [-0.3, -0.25) is 23.9 Å². The number of nitriles is 1. The van der Waals surface area contributed by atoms with Gasteiger partial charge in [-0.1, -0.05) is 73.5 Å². The second kappa shape index (κ2) is 32.3. The van der Waals surface area contributed by atoms with E-state index in [2.05, 4.69) is 26.4 Å². The number of aromatic amines is 1. The number of carboxylic acids is 1. The van der Waals surface area contributed by atoms with Crippen molar-refractivity contribution >= 4 is 49.0 Å². The van der Waals surface area contributed by atoms with Gasteiger partial charge >= 0.3 is 5.69 Å². The molecular weight excluding hydrogens is 1230 g/mol. The number of nitrogens with zero attached hydrogens (tertiary/aromatic N) is 5. The third kappa shape index (κ3) is 16.6. The summed E-state index contributed by atoms with van der Waals surface area (Å²) in [4.78, 5) is 71.3. The van der Waals surface area contributed by atoms with E-state index in [0.717, 1.165) is 40.6 Å². The van der Waals surface area contributed by atoms with Crippen molar-refractivity contribution in [3.63, 3.8) is 0 Å². The van der Waals surface area contributed by atoms with E-state index in [0.29, 0.717) is 70.9 Å². The van der Waals surface area contributed by atoms with Gasteiger partial charge in [-0.2, -0.15) is 5.26 Å². The largest absolute Gasteiger partial charge is 0.545 e. The minimum absolute atomic E-state index is 0.0269. The van der Waals surface area contributed by atoms with E-state index in [9.17, 15) is 34.3 Å². The fourth-order valence-corrected chi connectivity index (χ4v) is 13.5. The molecule has 4 atom stereocenters. The zero-order valence-electron chi connectivity index (χ0n) is 55.4. The normalized spacial score (nSPS) is 15.2. The third-order valence-corrected chi connectivity index (χ3v) is 18.8. The van der Waals surface area contributed by atoms with E-state index in [1.165, 1.54) is 35.0 Å². The fraction of sp³-hybridized carbons (Fsp3) is 0.356. The molecule has 2 amide bonds. The van der Waals surface area contributed by atoms with Crippen LogP contribution < -0.4 is 51.3 Å². The SMILES string of the molecule is COc1ccc(C(OCC2OC(n3cc(C=CC(=O)NCCCCCCNC(=O)c4ccc(C(=O)[O-])c(-c5c6ccc(=[N+](C)C)cc-6oc6cc(N(C)C)ccc56)c4)c(=O)[nH]c3=O)CC2OP(OCCC#N)N(C(C)C)C(C)C)(c2ccccc2)c2ccc(OC)cc2)cc1. The van der Waals surface area contributed by atoms with Gasteiger partial charge < -0.3 is 57.8 Å². The molecule has 22 heteroatoms. The van der Waals surface area contributed by atoms with Crippen molar-refractivity contribution in [2.45, 2.75) is 102 Å². The summed E-state index contributed by atoms with van der Waals surface area (Å²) in [5.41, 5.74) is 2.97. The zero-order chi connectivity index (χ0) is 67.9. The number of rotatable bonds is 30. The van der Waals surface area contributed by atoms with Crippen LogP contribution >= 0.6 is 8.53 Å². The number of hydrogen-bond donors (Lipinski definition) is 3. The first-order valence-electron chi connectivity index (χ1n) is 31.8. The highest BCUT2D eigenvalue weighted by atomic mass is 31.2. The lowest BCUT2D eigenvalue weighted by Gasteiger charge is -2.39. The molecule has 1 aromatic heterocycles. The number of amides is 2. The first-order chi connectivity index (χ1) is 45.7. The van der Waals surface area contributed by atoms with Crippen LogP contribution in [-0.4, -0.2) is 125 Å². The Hall–Kier alpha value is -9.26. The van der Waals surface area contributed by atoms with Crippen molar-refractivity contribution in [2.75, 3.05) is 73.6 Å². The number of nitrogens with one attached hydrogen (secondary N) is 3. The number of ether oxygens (including phenoxy) is 4. The van der Waals surface area contributed by atoms with Gasteiger partial charge in [0.05, 0.1) is 63.6 Å². The number of aromatic carboxylic acids is 1. The molecule has 95 heavy (non-hydrogen) atoms. The number of carboxylic acid groups (broad SMARTS) is 1. The van der Waals surface area contributed by atoms with Crippen molar-refractivity contribution < 1.29 is 51.9 Å². The highest BCUT2D eigenvalue weighted by molar-refractivity contribution is 7.44. The molecule has 21 nitrogen and oxygen atoms in total. The smallest absolute Gasteiger partial charge is 0.330 e. The highest BCUT2D eigenvalue weighted by Crippen LogP contribution is 2.51. The molecule has 498 valence electrons. The lowest BCUT2D eigenvalue weighted by Crippen LogP contribution is -2.39. The quantitative estimate of drug-likeness (QED) is 0.00946. The highest BCUT2D eigenvalue weighted by Gasteiger charge is 2.45. The summed E-state index contributed by atoms with van der Waals surface area (Å²) < 4.78 is 50.5. The number of methoxy groups -OCH3 is 2. The van der Waals surface area contributed by atoms with E-state index in [1.54, 1.807) is 20.3 Å². The van der Waals surface area contributed by atoms with Gasteiger partial charge in [-0.15, -0.1) is 0 Å². The van der Waals surface area contributed by atoms with Crippen LogP contribution in [0.2, 0.25) is 0 Å². The molecule has 4 unspecified atom stereocenters. The van der Waals surface area contributed by atoms with E-state index in [-0.39, 0.29) is 60.7 Å². The van der Waals surface area contributed by atoms with Crippen LogP contribution in [0.3, 0.4) is 0 Å². The molecule has 0 spiro atoms. The van der Waals surface area contributed by atoms with Crippen LogP contribution in [0.25, 0.3) is 39.5 Å². The van der Waals surface area contributed by atoms with Gasteiger partial charge in [0, 0.05) is 103 Å². The lowest BCUT2D eigenvalue weighted by molar-refractivity contribution is -0.255. The summed E-state index contributed by atoms with van der Waals surface area (Å²) in [6.07, 6.45) is 4.32. The Bertz CT molecular complexity index is 4160. The second-order valence-electron chi connectivity index (χ2n) is 24.1. The fourth-order valence-electron chi connectivity index (χ4n) is 11.8. The van der Waals surface area contributed by atoms with Crippen LogP contribution in [0.4, 0.5) is 5.69 Å². The Morgan fingerprint density at radius 3 is 2.08 bits per heavy atom. The van der Waals surface area contributed by atoms with Crippen LogP contribution in [0, 0.1) is 11.3 Å². The predicted molar refractivity (Wildman–Crippen MR) is 365 cm³/mol. The number of aromatic nitrogens is 2. The summed E-state index contributed by atoms with van der Waals surface area (Å²) in [5, 5.41) is 29.6. The molecule has 3 aliphatic rings. The molecule has 5 aromatic carbocycles. The Balaban J connectivity index is 0.864. The standard InChI is InChI=1S/C73H83N8O13P/c1-47(2)81(48(3)4)95(91-40-18-37-74)94-64-44-67(93-65(64)46-90-73(51-19-14-13-15-20-51,52-23-29-56(88-9)30-24-52)53-25-31-57(89-10)32-26-53)80-45-50(70(84)77-72(80)87)22-36-66(82)75-38-16-11-12-17-39-76-69(83)49-21-33-58(71(85)86)61(41-49)68-59-34-27-54(78(5)6)42-62(59)92-63-43-55(79(7)8)28-35-60(63)68/h13-15,19-36,41-43,45,47-48,64-65,67H,11-12,16-18,38-40,44,46H2,1-10H3,(H3-,75,76,77,82,83,84,85,86,87). The number of carbonyl (C=O) groups is 3. The maximum atomic E-state index is 13.9. The van der Waals surface area contributed by atoms with E-state index >= 15 is 0 Å². The zero-order valence-corrected chi connectivity index (χ0v) is 56.3. The first-order valence-corrected chi connectivity index (χ1v) is 32.9. The number of carbonyl (C=O) groups excluding carboxylic acids is 3. The van der Waals surface area contributed by atoms with Crippen molar-refractivity contribution in [3.8, 4) is 40.0 Å². The van der Waals surface area contributed by atoms with Gasteiger partial charge in [0.25, 0.3) is 20.0 Å². The minimum Gasteiger partial charge on any atom is -0.545 e. The van der Waals surface area contributed by atoms with Crippen molar-refractivity contribution in [3.05, 3.63) is 205 Å². The number of benzene rings is 6. The number of fused-ring (bicyclic) bond motifs is 2. The maximum Gasteiger partial charge on any atom is 0.330 e. The van der Waals surface area contributed by atoms with Gasteiger partial charge in [0.1, 0.15) is 54.9 Å². The summed E-state index contributed by atoms with van der Waals surface area (Å²) in [6.45, 7) is 8.88. The maximum absolute atomic E-state index is 13.9. The first kappa shape index (κ1) is 70.1. The number of H-pyrrole nitrogens is 1. The Labute approximate surface area is 554 Å². The van der Waals surface area contributed by atoms with E-state index < -0.39 is 55.7 Å². The number of unbranched alkanes of at least 4 members (excludes halogenated alkanes) is 3. The summed E-state index contributed by atoms with van der Waals surface area (Å²) in [7, 11) is 9.08. The minimum atomic E-state index is -1.81. The monoisotopic (exact) mass is 1310 g/mol. The van der Waals surface area contributed by atoms with Crippen molar-refractivity contribution in [1.82, 2.24) is 29.4 Å². The van der Waals surface area contributed by atoms with Gasteiger partial charge in [-0.05, 0) is 123 Å². The summed E-state index contributed by atoms with van der Waals surface area (Å²) in [6, 6.07) is 43.1. The molecule has 3 heterocycles. The third-order valence-electron chi connectivity index (χ3n) is 16.6. The molecule has 0 saturated carbocycles. The molecule has 1 aliphatic carbocycles. The summed E-state index contributed by atoms with van der Waals surface area (Å²) >= 11 is 0. The Morgan fingerprint density at radius 1 is 0.821 bits per heavy atom. The molecule has 3 N–H and O–H groups in total. The van der Waals surface area contributed by atoms with Crippen molar-refractivity contribution in [2.24, 2.45) is 0 Å². The van der Waals surface area contributed by atoms with E-state index in [1.807, 2.05) is 181 Å². The van der Waals surface area contributed by atoms with E-state index in [4.69, 9.17) is 32.4 Å². The van der Waals surface area contributed by atoms with Crippen LogP contribution in [0.5, 0.6) is 11.5 Å². The molecular formula is C73H83N8O13P. The molecule has 1 saturated heterocycles. The molecule has 6 aromatic rings. The second-order valence-corrected chi connectivity index (χ2v) is 25.5. The van der Waals surface area contributed by atoms with Crippen LogP contribution in [-0.2, 0) is 28.9 Å². The molecule has 2 aliphatic heterocycles. The molecule has 9 rings (SSSR count). The number of anilines is 1. The predicted octanol–water partition coefficient (Wildman–Crippen LogP) is 9.61. The average molecular weight is 1310 g/mol.